The Morgan fingerprint density at radius 3 is 2.52 bits per heavy atom. The predicted octanol–water partition coefficient (Wildman–Crippen LogP) is 5.03. The van der Waals surface area contributed by atoms with Gasteiger partial charge >= 0.3 is 6.18 Å². The second-order valence-corrected chi connectivity index (χ2v) is 7.77. The van der Waals surface area contributed by atoms with Gasteiger partial charge in [0.25, 0.3) is 0 Å². The maximum atomic E-state index is 12.7. The van der Waals surface area contributed by atoms with E-state index in [1.807, 2.05) is 30.3 Å². The number of amides is 1. The Labute approximate surface area is 161 Å². The maximum absolute atomic E-state index is 12.7. The molecule has 0 atom stereocenters. The maximum Gasteiger partial charge on any atom is 0.416 e. The van der Waals surface area contributed by atoms with E-state index >= 15 is 0 Å². The summed E-state index contributed by atoms with van der Waals surface area (Å²) in [5.41, 5.74) is 0.755. The molecule has 2 aromatic carbocycles. The molecule has 140 valence electrons. The number of hydrogen-bond acceptors (Lipinski definition) is 5. The van der Waals surface area contributed by atoms with Crippen molar-refractivity contribution in [1.29, 1.82) is 0 Å². The molecule has 3 rings (SSSR count). The Morgan fingerprint density at radius 1 is 1.04 bits per heavy atom. The SMILES string of the molecule is O=C(Cc1ccccc1)Nc1nnc(SCc2cccc(C(F)(F)F)c2)s1. The summed E-state index contributed by atoms with van der Waals surface area (Å²) in [6, 6.07) is 14.5. The Bertz CT molecular complexity index is 913. The molecule has 0 unspecified atom stereocenters. The van der Waals surface area contributed by atoms with E-state index in [0.29, 0.717) is 20.8 Å². The summed E-state index contributed by atoms with van der Waals surface area (Å²) in [6.45, 7) is 0. The molecule has 0 saturated carbocycles. The lowest BCUT2D eigenvalue weighted by Crippen LogP contribution is -2.14. The molecule has 0 spiro atoms. The molecule has 0 fully saturated rings. The minimum Gasteiger partial charge on any atom is -0.300 e. The van der Waals surface area contributed by atoms with Crippen LogP contribution in [0.2, 0.25) is 0 Å². The van der Waals surface area contributed by atoms with E-state index in [4.69, 9.17) is 0 Å². The van der Waals surface area contributed by atoms with Gasteiger partial charge in [-0.3, -0.25) is 4.79 Å². The van der Waals surface area contributed by atoms with Crippen molar-refractivity contribution in [3.8, 4) is 0 Å². The van der Waals surface area contributed by atoms with Crippen LogP contribution in [0, 0.1) is 0 Å². The minimum atomic E-state index is -4.36. The average Bonchev–Trinajstić information content (AvgIpc) is 3.07. The van der Waals surface area contributed by atoms with Crippen LogP contribution >= 0.6 is 23.1 Å². The number of nitrogens with one attached hydrogen (secondary N) is 1. The van der Waals surface area contributed by atoms with Crippen molar-refractivity contribution in [1.82, 2.24) is 10.2 Å². The van der Waals surface area contributed by atoms with Gasteiger partial charge in [0.1, 0.15) is 0 Å². The van der Waals surface area contributed by atoms with Gasteiger partial charge in [0.15, 0.2) is 4.34 Å². The van der Waals surface area contributed by atoms with E-state index in [0.717, 1.165) is 17.7 Å². The van der Waals surface area contributed by atoms with Gasteiger partial charge in [-0.1, -0.05) is 71.6 Å². The third kappa shape index (κ3) is 5.80. The fourth-order valence-electron chi connectivity index (χ4n) is 2.25. The van der Waals surface area contributed by atoms with Crippen LogP contribution in [0.4, 0.5) is 18.3 Å². The highest BCUT2D eigenvalue weighted by Crippen LogP contribution is 2.32. The zero-order chi connectivity index (χ0) is 19.3. The second kappa shape index (κ2) is 8.53. The summed E-state index contributed by atoms with van der Waals surface area (Å²) in [6.07, 6.45) is -4.13. The number of halogens is 3. The first-order valence-electron chi connectivity index (χ1n) is 7.86. The number of anilines is 1. The van der Waals surface area contributed by atoms with Gasteiger partial charge < -0.3 is 5.32 Å². The monoisotopic (exact) mass is 409 g/mol. The van der Waals surface area contributed by atoms with Crippen molar-refractivity contribution in [3.63, 3.8) is 0 Å². The molecule has 1 aromatic heterocycles. The second-order valence-electron chi connectivity index (χ2n) is 5.57. The van der Waals surface area contributed by atoms with Crippen LogP contribution in [0.5, 0.6) is 0 Å². The first kappa shape index (κ1) is 19.4. The van der Waals surface area contributed by atoms with Crippen molar-refractivity contribution >= 4 is 34.1 Å². The number of carbonyl (C=O) groups is 1. The highest BCUT2D eigenvalue weighted by molar-refractivity contribution is 8.00. The first-order valence-corrected chi connectivity index (χ1v) is 9.66. The molecule has 1 N–H and O–H groups in total. The van der Waals surface area contributed by atoms with Gasteiger partial charge in [-0.05, 0) is 17.2 Å². The van der Waals surface area contributed by atoms with Crippen LogP contribution in [0.15, 0.2) is 58.9 Å². The lowest BCUT2D eigenvalue weighted by atomic mass is 10.1. The molecule has 0 aliphatic heterocycles. The molecule has 3 aromatic rings. The standard InChI is InChI=1S/C18H14F3N3OS2/c19-18(20,21)14-8-4-7-13(9-14)11-26-17-24-23-16(27-17)22-15(25)10-12-5-2-1-3-6-12/h1-9H,10-11H2,(H,22,23,25). The number of alkyl halides is 3. The van der Waals surface area contributed by atoms with Crippen LogP contribution in [-0.4, -0.2) is 16.1 Å². The summed E-state index contributed by atoms with van der Waals surface area (Å²) in [5, 5.41) is 10.9. The first-order chi connectivity index (χ1) is 12.9. The quantitative estimate of drug-likeness (QED) is 0.458. The van der Waals surface area contributed by atoms with Crippen LogP contribution in [-0.2, 0) is 23.1 Å². The number of aromatic nitrogens is 2. The topological polar surface area (TPSA) is 54.9 Å². The van der Waals surface area contributed by atoms with Crippen LogP contribution < -0.4 is 5.32 Å². The van der Waals surface area contributed by atoms with Gasteiger partial charge in [-0.15, -0.1) is 10.2 Å². The molecule has 0 saturated heterocycles. The smallest absolute Gasteiger partial charge is 0.300 e. The van der Waals surface area contributed by atoms with Crippen molar-refractivity contribution < 1.29 is 18.0 Å². The van der Waals surface area contributed by atoms with Gasteiger partial charge in [0.05, 0.1) is 12.0 Å². The lowest BCUT2D eigenvalue weighted by Gasteiger charge is -2.07. The number of benzene rings is 2. The van der Waals surface area contributed by atoms with Crippen molar-refractivity contribution in [3.05, 3.63) is 71.3 Å². The number of hydrogen-bond donors (Lipinski definition) is 1. The number of thioether (sulfide) groups is 1. The van der Waals surface area contributed by atoms with E-state index in [1.54, 1.807) is 6.07 Å². The Kier molecular flexibility index (Phi) is 6.12. The summed E-state index contributed by atoms with van der Waals surface area (Å²) in [5.74, 6) is 0.128. The van der Waals surface area contributed by atoms with Crippen molar-refractivity contribution in [2.24, 2.45) is 0 Å². The third-order valence-electron chi connectivity index (χ3n) is 3.48. The predicted molar refractivity (Wildman–Crippen MR) is 99.7 cm³/mol. The van der Waals surface area contributed by atoms with E-state index in [-0.39, 0.29) is 12.3 Å². The summed E-state index contributed by atoms with van der Waals surface area (Å²) >= 11 is 2.46. The molecule has 0 bridgehead atoms. The summed E-state index contributed by atoms with van der Waals surface area (Å²) in [7, 11) is 0. The molecular formula is C18H14F3N3OS2. The van der Waals surface area contributed by atoms with E-state index in [2.05, 4.69) is 15.5 Å². The fourth-order valence-corrected chi connectivity index (χ4v) is 3.96. The van der Waals surface area contributed by atoms with Crippen LogP contribution in [0.3, 0.4) is 0 Å². The normalized spacial score (nSPS) is 11.4. The van der Waals surface area contributed by atoms with E-state index in [1.165, 1.54) is 29.2 Å². The molecular weight excluding hydrogens is 395 g/mol. The Morgan fingerprint density at radius 2 is 1.78 bits per heavy atom. The number of nitrogens with zero attached hydrogens (tertiary/aromatic N) is 2. The molecule has 1 amide bonds. The molecule has 0 radical (unpaired) electrons. The van der Waals surface area contributed by atoms with Crippen LogP contribution in [0.1, 0.15) is 16.7 Å². The molecule has 0 aliphatic carbocycles. The van der Waals surface area contributed by atoms with Gasteiger partial charge in [-0.25, -0.2) is 0 Å². The molecule has 0 aliphatic rings. The average molecular weight is 409 g/mol. The largest absolute Gasteiger partial charge is 0.416 e. The molecule has 9 heteroatoms. The fraction of sp³-hybridized carbons (Fsp3) is 0.167. The highest BCUT2D eigenvalue weighted by atomic mass is 32.2. The van der Waals surface area contributed by atoms with Gasteiger partial charge in [0, 0.05) is 5.75 Å². The third-order valence-corrected chi connectivity index (χ3v) is 5.52. The Hall–Kier alpha value is -2.39. The van der Waals surface area contributed by atoms with Gasteiger partial charge in [-0.2, -0.15) is 13.2 Å². The molecule has 4 nitrogen and oxygen atoms in total. The minimum absolute atomic E-state index is 0.202. The molecule has 1 heterocycles. The van der Waals surface area contributed by atoms with E-state index in [9.17, 15) is 18.0 Å². The zero-order valence-electron chi connectivity index (χ0n) is 13.9. The number of rotatable bonds is 6. The number of carbonyl (C=O) groups excluding carboxylic acids is 1. The lowest BCUT2D eigenvalue weighted by molar-refractivity contribution is -0.137. The van der Waals surface area contributed by atoms with Gasteiger partial charge in [0.2, 0.25) is 11.0 Å². The zero-order valence-corrected chi connectivity index (χ0v) is 15.5. The Balaban J connectivity index is 1.54. The van der Waals surface area contributed by atoms with Crippen molar-refractivity contribution in [2.45, 2.75) is 22.7 Å². The van der Waals surface area contributed by atoms with E-state index < -0.39 is 11.7 Å². The summed E-state index contributed by atoms with van der Waals surface area (Å²) in [4.78, 5) is 12.0. The highest BCUT2D eigenvalue weighted by Gasteiger charge is 2.30. The van der Waals surface area contributed by atoms with Crippen molar-refractivity contribution in [2.75, 3.05) is 5.32 Å². The van der Waals surface area contributed by atoms with Crippen LogP contribution in [0.25, 0.3) is 0 Å². The molecule has 27 heavy (non-hydrogen) atoms. The summed E-state index contributed by atoms with van der Waals surface area (Å²) < 4.78 is 38.8.